The maximum Gasteiger partial charge on any atom is 0.234 e. The van der Waals surface area contributed by atoms with Crippen LogP contribution in [-0.2, 0) is 4.79 Å². The molecule has 4 nitrogen and oxygen atoms in total. The molecule has 2 N–H and O–H groups in total. The molecule has 0 spiro atoms. The van der Waals surface area contributed by atoms with Gasteiger partial charge >= 0.3 is 0 Å². The largest absolute Gasteiger partial charge is 0.352 e. The molecule has 0 aliphatic heterocycles. The molecule has 0 aromatic heterocycles. The molecular formula is C15H29N3O. The van der Waals surface area contributed by atoms with Gasteiger partial charge in [0.1, 0.15) is 0 Å². The maximum absolute atomic E-state index is 11.8. The van der Waals surface area contributed by atoms with Crippen molar-refractivity contribution in [1.29, 1.82) is 0 Å². The second-order valence-electron chi connectivity index (χ2n) is 6.22. The van der Waals surface area contributed by atoms with Crippen molar-refractivity contribution in [1.82, 2.24) is 15.5 Å². The monoisotopic (exact) mass is 267 g/mol. The number of amides is 1. The van der Waals surface area contributed by atoms with Gasteiger partial charge in [-0.1, -0.05) is 6.92 Å². The molecule has 0 saturated heterocycles. The highest BCUT2D eigenvalue weighted by Gasteiger charge is 2.27. The van der Waals surface area contributed by atoms with Gasteiger partial charge in [0.25, 0.3) is 0 Å². The Balaban J connectivity index is 1.63. The molecule has 0 atom stereocenters. The van der Waals surface area contributed by atoms with E-state index >= 15 is 0 Å². The van der Waals surface area contributed by atoms with Crippen LogP contribution in [0.4, 0.5) is 0 Å². The number of hydrogen-bond acceptors (Lipinski definition) is 3. The molecule has 19 heavy (non-hydrogen) atoms. The number of nitrogens with one attached hydrogen (secondary N) is 2. The van der Waals surface area contributed by atoms with E-state index in [9.17, 15) is 4.79 Å². The van der Waals surface area contributed by atoms with E-state index in [2.05, 4.69) is 29.5 Å². The zero-order valence-corrected chi connectivity index (χ0v) is 12.5. The molecule has 0 aromatic rings. The quantitative estimate of drug-likeness (QED) is 0.735. The van der Waals surface area contributed by atoms with Crippen molar-refractivity contribution in [2.75, 3.05) is 20.1 Å². The van der Waals surface area contributed by atoms with Gasteiger partial charge in [-0.05, 0) is 58.5 Å². The predicted octanol–water partition coefficient (Wildman–Crippen LogP) is 1.51. The van der Waals surface area contributed by atoms with Gasteiger partial charge in [0, 0.05) is 18.1 Å². The zero-order chi connectivity index (χ0) is 13.7. The average molecular weight is 267 g/mol. The minimum Gasteiger partial charge on any atom is -0.352 e. The van der Waals surface area contributed by atoms with Gasteiger partial charge in [-0.25, -0.2) is 0 Å². The van der Waals surface area contributed by atoms with Gasteiger partial charge in [-0.2, -0.15) is 0 Å². The van der Waals surface area contributed by atoms with E-state index in [1.54, 1.807) is 0 Å². The summed E-state index contributed by atoms with van der Waals surface area (Å²) in [4.78, 5) is 14.0. The standard InChI is InChI=1S/C15H29N3O/c1-3-10-16-12-6-8-14(9-7-12)18(2)11-15(19)17-13-4-5-13/h12-14,16H,3-11H2,1-2H3,(H,17,19). The first-order valence-corrected chi connectivity index (χ1v) is 7.92. The number of rotatable bonds is 7. The summed E-state index contributed by atoms with van der Waals surface area (Å²) in [6.45, 7) is 3.91. The molecule has 0 radical (unpaired) electrons. The van der Waals surface area contributed by atoms with Crippen LogP contribution >= 0.6 is 0 Å². The van der Waals surface area contributed by atoms with E-state index in [1.807, 2.05) is 0 Å². The zero-order valence-electron chi connectivity index (χ0n) is 12.5. The molecule has 1 amide bonds. The molecule has 2 aliphatic rings. The van der Waals surface area contributed by atoms with Crippen LogP contribution in [0.15, 0.2) is 0 Å². The summed E-state index contributed by atoms with van der Waals surface area (Å²) in [6, 6.07) is 1.77. The van der Waals surface area contributed by atoms with Crippen molar-refractivity contribution < 1.29 is 4.79 Å². The summed E-state index contributed by atoms with van der Waals surface area (Å²) in [5, 5.41) is 6.68. The summed E-state index contributed by atoms with van der Waals surface area (Å²) >= 11 is 0. The Kier molecular flexibility index (Phi) is 5.64. The van der Waals surface area contributed by atoms with Crippen LogP contribution in [0.1, 0.15) is 51.9 Å². The normalized spacial score (nSPS) is 27.5. The van der Waals surface area contributed by atoms with Crippen LogP contribution in [0, 0.1) is 0 Å². The first-order chi connectivity index (χ1) is 9.19. The van der Waals surface area contributed by atoms with Gasteiger partial charge in [0.15, 0.2) is 0 Å². The lowest BCUT2D eigenvalue weighted by Gasteiger charge is -2.34. The Morgan fingerprint density at radius 2 is 1.74 bits per heavy atom. The Labute approximate surface area is 117 Å². The molecule has 0 aromatic carbocycles. The number of likely N-dealkylation sites (N-methyl/N-ethyl adjacent to an activating group) is 1. The van der Waals surface area contributed by atoms with Crippen LogP contribution in [0.25, 0.3) is 0 Å². The number of nitrogens with zero attached hydrogens (tertiary/aromatic N) is 1. The van der Waals surface area contributed by atoms with Crippen LogP contribution in [0.3, 0.4) is 0 Å². The SMILES string of the molecule is CCCNC1CCC(N(C)CC(=O)NC2CC2)CC1. The van der Waals surface area contributed by atoms with Crippen molar-refractivity contribution in [2.24, 2.45) is 0 Å². The molecule has 2 saturated carbocycles. The predicted molar refractivity (Wildman–Crippen MR) is 78.1 cm³/mol. The highest BCUT2D eigenvalue weighted by Crippen LogP contribution is 2.22. The van der Waals surface area contributed by atoms with E-state index in [4.69, 9.17) is 0 Å². The summed E-state index contributed by atoms with van der Waals surface area (Å²) in [6.07, 6.45) is 8.48. The van der Waals surface area contributed by atoms with Gasteiger partial charge in [-0.3, -0.25) is 9.69 Å². The molecule has 0 bridgehead atoms. The summed E-state index contributed by atoms with van der Waals surface area (Å²) in [5.41, 5.74) is 0. The van der Waals surface area contributed by atoms with Crippen molar-refractivity contribution >= 4 is 5.91 Å². The van der Waals surface area contributed by atoms with Crippen molar-refractivity contribution in [3.63, 3.8) is 0 Å². The lowest BCUT2D eigenvalue weighted by atomic mass is 9.90. The number of hydrogen-bond donors (Lipinski definition) is 2. The fraction of sp³-hybridized carbons (Fsp3) is 0.933. The molecule has 110 valence electrons. The van der Waals surface area contributed by atoms with Crippen molar-refractivity contribution in [2.45, 2.75) is 70.0 Å². The van der Waals surface area contributed by atoms with Gasteiger partial charge in [-0.15, -0.1) is 0 Å². The molecule has 0 unspecified atom stereocenters. The van der Waals surface area contributed by atoms with Crippen molar-refractivity contribution in [3.05, 3.63) is 0 Å². The lowest BCUT2D eigenvalue weighted by Crippen LogP contribution is -2.45. The highest BCUT2D eigenvalue weighted by molar-refractivity contribution is 5.78. The topological polar surface area (TPSA) is 44.4 Å². The maximum atomic E-state index is 11.8. The fourth-order valence-electron chi connectivity index (χ4n) is 2.93. The third-order valence-electron chi connectivity index (χ3n) is 4.34. The summed E-state index contributed by atoms with van der Waals surface area (Å²) < 4.78 is 0. The van der Waals surface area contributed by atoms with Gasteiger partial charge in [0.2, 0.25) is 5.91 Å². The van der Waals surface area contributed by atoms with Crippen molar-refractivity contribution in [3.8, 4) is 0 Å². The van der Waals surface area contributed by atoms with E-state index in [0.717, 1.165) is 6.54 Å². The second kappa shape index (κ2) is 7.25. The third kappa shape index (κ3) is 5.11. The average Bonchev–Trinajstić information content (AvgIpc) is 3.20. The van der Waals surface area contributed by atoms with Crippen LogP contribution in [0.2, 0.25) is 0 Å². The Hall–Kier alpha value is -0.610. The summed E-state index contributed by atoms with van der Waals surface area (Å²) in [5.74, 6) is 0.205. The first-order valence-electron chi connectivity index (χ1n) is 7.92. The molecule has 4 heteroatoms. The Morgan fingerprint density at radius 3 is 2.32 bits per heavy atom. The smallest absolute Gasteiger partial charge is 0.234 e. The number of carbonyl (C=O) groups excluding carboxylic acids is 1. The van der Waals surface area contributed by atoms with Crippen LogP contribution in [-0.4, -0.2) is 49.1 Å². The minimum atomic E-state index is 0.205. The minimum absolute atomic E-state index is 0.205. The first kappa shape index (κ1) is 14.8. The highest BCUT2D eigenvalue weighted by atomic mass is 16.2. The Bertz CT molecular complexity index is 283. The van der Waals surface area contributed by atoms with E-state index in [0.29, 0.717) is 24.7 Å². The molecule has 2 aliphatic carbocycles. The van der Waals surface area contributed by atoms with E-state index < -0.39 is 0 Å². The van der Waals surface area contributed by atoms with Gasteiger partial charge in [0.05, 0.1) is 6.54 Å². The molecule has 0 heterocycles. The molecule has 2 rings (SSSR count). The summed E-state index contributed by atoms with van der Waals surface area (Å²) in [7, 11) is 2.09. The van der Waals surface area contributed by atoms with Crippen LogP contribution in [0.5, 0.6) is 0 Å². The molecular weight excluding hydrogens is 238 g/mol. The van der Waals surface area contributed by atoms with Gasteiger partial charge < -0.3 is 10.6 Å². The Morgan fingerprint density at radius 1 is 1.11 bits per heavy atom. The van der Waals surface area contributed by atoms with Crippen LogP contribution < -0.4 is 10.6 Å². The molecule has 2 fully saturated rings. The second-order valence-corrected chi connectivity index (χ2v) is 6.22. The van der Waals surface area contributed by atoms with E-state index in [-0.39, 0.29) is 5.91 Å². The third-order valence-corrected chi connectivity index (χ3v) is 4.34. The lowest BCUT2D eigenvalue weighted by molar-refractivity contribution is -0.122. The van der Waals surface area contributed by atoms with E-state index in [1.165, 1.54) is 44.9 Å². The number of carbonyl (C=O) groups is 1. The fourth-order valence-corrected chi connectivity index (χ4v) is 2.93.